The highest BCUT2D eigenvalue weighted by Gasteiger charge is 2.39. The third kappa shape index (κ3) is 5.09. The molecule has 0 radical (unpaired) electrons. The number of imide groups is 1. The molecule has 0 aromatic heterocycles. The summed E-state index contributed by atoms with van der Waals surface area (Å²) in [7, 11) is 0. The van der Waals surface area contributed by atoms with Crippen LogP contribution in [0, 0.1) is 0 Å². The van der Waals surface area contributed by atoms with Crippen molar-refractivity contribution < 1.29 is 23.9 Å². The number of hydrazine groups is 1. The molecule has 1 saturated heterocycles. The van der Waals surface area contributed by atoms with E-state index in [9.17, 15) is 19.2 Å². The van der Waals surface area contributed by atoms with Gasteiger partial charge in [0, 0.05) is 6.42 Å². The van der Waals surface area contributed by atoms with E-state index in [1.165, 1.54) is 24.3 Å². The van der Waals surface area contributed by atoms with Gasteiger partial charge >= 0.3 is 5.97 Å². The Morgan fingerprint density at radius 2 is 1.77 bits per heavy atom. The van der Waals surface area contributed by atoms with Gasteiger partial charge in [-0.1, -0.05) is 30.3 Å². The van der Waals surface area contributed by atoms with Crippen molar-refractivity contribution in [2.75, 3.05) is 11.5 Å². The van der Waals surface area contributed by atoms with Gasteiger partial charge in [0.2, 0.25) is 11.8 Å². The molecule has 3 rings (SSSR count). The molecule has 1 aliphatic rings. The highest BCUT2D eigenvalue weighted by Crippen LogP contribution is 2.23. The molecule has 2 N–H and O–H groups in total. The Labute approximate surface area is 174 Å². The lowest BCUT2D eigenvalue weighted by atomic mass is 10.1. The monoisotopic (exact) mass is 409 g/mol. The normalized spacial score (nSPS) is 15.9. The van der Waals surface area contributed by atoms with Gasteiger partial charge in [0.05, 0.1) is 24.3 Å². The fraction of sp³-hybridized carbons (Fsp3) is 0.273. The van der Waals surface area contributed by atoms with Crippen molar-refractivity contribution in [1.29, 1.82) is 0 Å². The molecule has 30 heavy (non-hydrogen) atoms. The average Bonchev–Trinajstić information content (AvgIpc) is 3.05. The van der Waals surface area contributed by atoms with Crippen molar-refractivity contribution in [2.24, 2.45) is 0 Å². The summed E-state index contributed by atoms with van der Waals surface area (Å²) in [6.07, 6.45) is 0.757. The summed E-state index contributed by atoms with van der Waals surface area (Å²) in [4.78, 5) is 49.8. The molecule has 8 nitrogen and oxygen atoms in total. The highest BCUT2D eigenvalue weighted by atomic mass is 16.5. The molecule has 1 aliphatic heterocycles. The van der Waals surface area contributed by atoms with E-state index in [1.807, 2.05) is 30.3 Å². The van der Waals surface area contributed by atoms with Crippen LogP contribution in [-0.2, 0) is 25.5 Å². The van der Waals surface area contributed by atoms with Crippen LogP contribution < -0.4 is 15.8 Å². The Morgan fingerprint density at radius 3 is 2.43 bits per heavy atom. The fourth-order valence-corrected chi connectivity index (χ4v) is 3.11. The van der Waals surface area contributed by atoms with Crippen LogP contribution in [0.2, 0.25) is 0 Å². The number of amides is 3. The Morgan fingerprint density at radius 1 is 1.07 bits per heavy atom. The van der Waals surface area contributed by atoms with Crippen molar-refractivity contribution in [3.05, 3.63) is 65.7 Å². The molecular formula is C22H23N3O5. The topological polar surface area (TPSA) is 105 Å². The number of carbonyl (C=O) groups is 4. The zero-order chi connectivity index (χ0) is 21.5. The highest BCUT2D eigenvalue weighted by molar-refractivity contribution is 6.22. The molecule has 156 valence electrons. The number of hydrogen-bond donors (Lipinski definition) is 2. The third-order valence-corrected chi connectivity index (χ3v) is 4.65. The van der Waals surface area contributed by atoms with Crippen LogP contribution in [0.3, 0.4) is 0 Å². The summed E-state index contributed by atoms with van der Waals surface area (Å²) in [6.45, 7) is 1.97. The fourth-order valence-electron chi connectivity index (χ4n) is 3.11. The first-order valence-electron chi connectivity index (χ1n) is 9.72. The van der Waals surface area contributed by atoms with E-state index in [1.54, 1.807) is 6.92 Å². The van der Waals surface area contributed by atoms with Gasteiger partial charge in [0.1, 0.15) is 6.04 Å². The van der Waals surface area contributed by atoms with Crippen LogP contribution in [0.4, 0.5) is 5.69 Å². The maximum Gasteiger partial charge on any atom is 0.338 e. The molecule has 1 heterocycles. The minimum atomic E-state index is -0.845. The van der Waals surface area contributed by atoms with Crippen molar-refractivity contribution in [3.63, 3.8) is 0 Å². The second kappa shape index (κ2) is 9.80. The van der Waals surface area contributed by atoms with E-state index in [0.717, 1.165) is 10.5 Å². The largest absolute Gasteiger partial charge is 0.462 e. The van der Waals surface area contributed by atoms with Crippen molar-refractivity contribution >= 4 is 29.4 Å². The summed E-state index contributed by atoms with van der Waals surface area (Å²) in [5, 5.41) is 0. The van der Waals surface area contributed by atoms with E-state index in [2.05, 4.69) is 10.9 Å². The van der Waals surface area contributed by atoms with E-state index in [4.69, 9.17) is 4.74 Å². The third-order valence-electron chi connectivity index (χ3n) is 4.65. The number of nitrogens with one attached hydrogen (secondary N) is 2. The maximum atomic E-state index is 12.6. The molecule has 2 aromatic carbocycles. The number of ether oxygens (including phenoxy) is 1. The van der Waals surface area contributed by atoms with Gasteiger partial charge in [-0.25, -0.2) is 15.1 Å². The number of rotatable bonds is 8. The van der Waals surface area contributed by atoms with Crippen molar-refractivity contribution in [2.45, 2.75) is 32.2 Å². The predicted molar refractivity (Wildman–Crippen MR) is 109 cm³/mol. The number of anilines is 1. The van der Waals surface area contributed by atoms with Crippen LogP contribution in [0.25, 0.3) is 0 Å². The lowest BCUT2D eigenvalue weighted by molar-refractivity contribution is -0.123. The van der Waals surface area contributed by atoms with Crippen molar-refractivity contribution in [1.82, 2.24) is 10.9 Å². The smallest absolute Gasteiger partial charge is 0.338 e. The molecular weight excluding hydrogens is 386 g/mol. The zero-order valence-corrected chi connectivity index (χ0v) is 16.6. The number of aryl methyl sites for hydroxylation is 1. The van der Waals surface area contributed by atoms with Gasteiger partial charge in [-0.15, -0.1) is 0 Å². The lowest BCUT2D eigenvalue weighted by Crippen LogP contribution is -2.48. The van der Waals surface area contributed by atoms with Gasteiger partial charge in [0.15, 0.2) is 0 Å². The van der Waals surface area contributed by atoms with E-state index < -0.39 is 17.9 Å². The van der Waals surface area contributed by atoms with Crippen molar-refractivity contribution in [3.8, 4) is 0 Å². The minimum absolute atomic E-state index is 0.0720. The lowest BCUT2D eigenvalue weighted by Gasteiger charge is -2.16. The molecule has 0 unspecified atom stereocenters. The van der Waals surface area contributed by atoms with Gasteiger partial charge in [-0.05, 0) is 43.2 Å². The number of hydrogen-bond acceptors (Lipinski definition) is 6. The molecule has 0 spiro atoms. The van der Waals surface area contributed by atoms with Crippen LogP contribution in [0.1, 0.15) is 35.7 Å². The number of nitrogens with zero attached hydrogens (tertiary/aromatic N) is 1. The standard InChI is InChI=1S/C22H23N3O5/c1-2-30-22(29)16-9-11-17(12-10-16)25-20(27)14-18(21(25)28)23-24-19(26)13-8-15-6-4-3-5-7-15/h3-7,9-12,18,23H,2,8,13-14H2,1H3,(H,24,26)/t18-/m1/s1. The first-order valence-corrected chi connectivity index (χ1v) is 9.72. The SMILES string of the molecule is CCOC(=O)c1ccc(N2C(=O)C[C@@H](NNC(=O)CCc3ccccc3)C2=O)cc1. The second-order valence-corrected chi connectivity index (χ2v) is 6.77. The molecule has 1 fully saturated rings. The molecule has 0 aliphatic carbocycles. The summed E-state index contributed by atoms with van der Waals surface area (Å²) < 4.78 is 4.92. The molecule has 0 saturated carbocycles. The van der Waals surface area contributed by atoms with E-state index >= 15 is 0 Å². The van der Waals surface area contributed by atoms with Gasteiger partial charge in [0.25, 0.3) is 5.91 Å². The Kier molecular flexibility index (Phi) is 6.92. The first kappa shape index (κ1) is 21.2. The summed E-state index contributed by atoms with van der Waals surface area (Å²) in [6, 6.07) is 14.8. The zero-order valence-electron chi connectivity index (χ0n) is 16.6. The van der Waals surface area contributed by atoms with Crippen LogP contribution in [0.5, 0.6) is 0 Å². The second-order valence-electron chi connectivity index (χ2n) is 6.77. The maximum absolute atomic E-state index is 12.6. The summed E-state index contributed by atoms with van der Waals surface area (Å²) in [5.41, 5.74) is 6.90. The van der Waals surface area contributed by atoms with Crippen LogP contribution >= 0.6 is 0 Å². The number of carbonyl (C=O) groups excluding carboxylic acids is 4. The molecule has 3 amide bonds. The molecule has 8 heteroatoms. The molecule has 2 aromatic rings. The number of benzene rings is 2. The van der Waals surface area contributed by atoms with Gasteiger partial charge in [-0.3, -0.25) is 19.8 Å². The first-order chi connectivity index (χ1) is 14.5. The Hall–Kier alpha value is -3.52. The van der Waals surface area contributed by atoms with E-state index in [0.29, 0.717) is 17.7 Å². The summed E-state index contributed by atoms with van der Waals surface area (Å²) in [5.74, 6) is -1.59. The van der Waals surface area contributed by atoms with Gasteiger partial charge in [-0.2, -0.15) is 0 Å². The van der Waals surface area contributed by atoms with Crippen LogP contribution in [-0.4, -0.2) is 36.3 Å². The average molecular weight is 409 g/mol. The molecule has 0 bridgehead atoms. The summed E-state index contributed by atoms with van der Waals surface area (Å²) >= 11 is 0. The van der Waals surface area contributed by atoms with Gasteiger partial charge < -0.3 is 4.74 Å². The van der Waals surface area contributed by atoms with Crippen LogP contribution in [0.15, 0.2) is 54.6 Å². The minimum Gasteiger partial charge on any atom is -0.462 e. The number of esters is 1. The van der Waals surface area contributed by atoms with E-state index in [-0.39, 0.29) is 31.3 Å². The Bertz CT molecular complexity index is 928. The predicted octanol–water partition coefficient (Wildman–Crippen LogP) is 1.75. The molecule has 1 atom stereocenters. The Balaban J connectivity index is 1.54. The quantitative estimate of drug-likeness (QED) is 0.391.